The van der Waals surface area contributed by atoms with Crippen molar-refractivity contribution in [3.63, 3.8) is 0 Å². The first-order valence-electron chi connectivity index (χ1n) is 14.3. The van der Waals surface area contributed by atoms with Crippen LogP contribution >= 0.6 is 0 Å². The van der Waals surface area contributed by atoms with Gasteiger partial charge < -0.3 is 30.5 Å². The Morgan fingerprint density at radius 2 is 2.05 bits per heavy atom. The van der Waals surface area contributed by atoms with E-state index in [9.17, 15) is 9.90 Å². The second kappa shape index (κ2) is 12.5. The maximum Gasteiger partial charge on any atom is 0.274 e. The predicted octanol–water partition coefficient (Wildman–Crippen LogP) is -0.234. The van der Waals surface area contributed by atoms with Gasteiger partial charge in [0, 0.05) is 42.6 Å². The molecule has 1 saturated heterocycles. The number of ether oxygens (including phenoxy) is 2. The van der Waals surface area contributed by atoms with Gasteiger partial charge in [0.25, 0.3) is 5.91 Å². The van der Waals surface area contributed by atoms with Gasteiger partial charge in [-0.05, 0) is 31.0 Å². The van der Waals surface area contributed by atoms with Gasteiger partial charge in [-0.2, -0.15) is 5.10 Å². The van der Waals surface area contributed by atoms with Gasteiger partial charge >= 0.3 is 0 Å². The summed E-state index contributed by atoms with van der Waals surface area (Å²) in [6.07, 6.45) is 3.39. The van der Waals surface area contributed by atoms with Crippen LogP contribution in [0.5, 0.6) is 5.75 Å². The largest absolute Gasteiger partial charge is 0.513 e. The number of amides is 1. The average Bonchev–Trinajstić information content (AvgIpc) is 3.57. The van der Waals surface area contributed by atoms with E-state index in [1.54, 1.807) is 26.2 Å². The van der Waals surface area contributed by atoms with Crippen LogP contribution in [0.4, 0.5) is 20.2 Å². The van der Waals surface area contributed by atoms with Crippen LogP contribution in [0, 0.1) is 18.6 Å². The molecule has 0 bridgehead atoms. The van der Waals surface area contributed by atoms with Gasteiger partial charge in [0.15, 0.2) is 11.6 Å². The van der Waals surface area contributed by atoms with Crippen molar-refractivity contribution in [2.75, 3.05) is 37.1 Å². The molecule has 5 rings (SSSR count). The molecule has 2 aromatic heterocycles. The second-order valence-corrected chi connectivity index (χ2v) is 11.9. The smallest absolute Gasteiger partial charge is 0.274 e. The number of aliphatic hydroxyl groups excluding tert-OH is 1. The van der Waals surface area contributed by atoms with Gasteiger partial charge in [0.1, 0.15) is 46.3 Å². The zero-order valence-corrected chi connectivity index (χ0v) is 25.4. The van der Waals surface area contributed by atoms with E-state index in [0.717, 1.165) is 0 Å². The number of nitrogens with two attached hydrogens (primary N) is 1. The number of aromatic nitrogens is 4. The highest BCUT2D eigenvalue weighted by molar-refractivity contribution is 6.58. The van der Waals surface area contributed by atoms with Crippen LogP contribution in [0.1, 0.15) is 22.5 Å². The Kier molecular flexibility index (Phi) is 8.96. The van der Waals surface area contributed by atoms with Crippen molar-refractivity contribution in [1.82, 2.24) is 19.7 Å². The Labute approximate surface area is 256 Å². The lowest BCUT2D eigenvalue weighted by Crippen LogP contribution is -2.37. The van der Waals surface area contributed by atoms with Crippen molar-refractivity contribution in [3.05, 3.63) is 59.6 Å². The maximum atomic E-state index is 15.7. The first kappa shape index (κ1) is 31.4. The number of nitrogens with zero attached hydrogens (tertiary/aromatic N) is 5. The molecule has 0 spiro atoms. The molecule has 3 heterocycles. The summed E-state index contributed by atoms with van der Waals surface area (Å²) < 4.78 is 43.7. The van der Waals surface area contributed by atoms with Crippen molar-refractivity contribution in [1.29, 1.82) is 0 Å². The molecule has 1 aliphatic heterocycles. The first-order valence-corrected chi connectivity index (χ1v) is 14.3. The molecule has 2 aromatic carbocycles. The Balaban J connectivity index is 1.57. The normalized spacial score (nSPS) is 16.9. The van der Waals surface area contributed by atoms with Gasteiger partial charge in [-0.15, -0.1) is 0 Å². The summed E-state index contributed by atoms with van der Waals surface area (Å²) in [6, 6.07) is 5.26. The predicted molar refractivity (Wildman–Crippen MR) is 171 cm³/mol. The Morgan fingerprint density at radius 1 is 1.27 bits per heavy atom. The molecule has 0 aliphatic carbocycles. The Morgan fingerprint density at radius 3 is 2.75 bits per heavy atom. The average molecular weight is 603 g/mol. The number of rotatable bonds is 10. The van der Waals surface area contributed by atoms with Gasteiger partial charge in [-0.1, -0.05) is 6.07 Å². The van der Waals surface area contributed by atoms with Crippen molar-refractivity contribution in [2.24, 2.45) is 5.73 Å². The van der Waals surface area contributed by atoms with Crippen molar-refractivity contribution in [2.45, 2.75) is 37.3 Å². The molecular formula is C28H34B3F2N7O4. The van der Waals surface area contributed by atoms with E-state index in [4.69, 9.17) is 15.2 Å². The SMILES string of the molecule is BC(B)(B)Oc1ccc(C)c(F)c1-c1nccc(C(=O)Nc2cc(F)c3c(cnn3CCOC)c2N2C[C@@H](N)C[C@H]2CO)n1. The third kappa shape index (κ3) is 6.28. The van der Waals surface area contributed by atoms with Gasteiger partial charge in [-0.3, -0.25) is 9.48 Å². The van der Waals surface area contributed by atoms with Gasteiger partial charge in [-0.25, -0.2) is 18.7 Å². The number of methoxy groups -OCH3 is 1. The highest BCUT2D eigenvalue weighted by Crippen LogP contribution is 2.40. The lowest BCUT2D eigenvalue weighted by molar-refractivity contribution is 0.102. The summed E-state index contributed by atoms with van der Waals surface area (Å²) >= 11 is 0. The number of anilines is 2. The van der Waals surface area contributed by atoms with Crippen molar-refractivity contribution in [3.8, 4) is 17.1 Å². The third-order valence-corrected chi connectivity index (χ3v) is 7.37. The minimum Gasteiger partial charge on any atom is -0.513 e. The zero-order valence-electron chi connectivity index (χ0n) is 25.4. The highest BCUT2D eigenvalue weighted by atomic mass is 19.1. The van der Waals surface area contributed by atoms with Crippen LogP contribution < -0.4 is 20.7 Å². The molecule has 11 nitrogen and oxygen atoms in total. The molecule has 4 aromatic rings. The molecule has 44 heavy (non-hydrogen) atoms. The van der Waals surface area contributed by atoms with Gasteiger partial charge in [0.2, 0.25) is 0 Å². The zero-order chi connectivity index (χ0) is 31.8. The Hall–Kier alpha value is -4.01. The number of aryl methyl sites for hydroxylation is 1. The number of fused-ring (bicyclic) bond motifs is 1. The summed E-state index contributed by atoms with van der Waals surface area (Å²) in [5.41, 5.74) is 7.43. The molecule has 0 unspecified atom stereocenters. The van der Waals surface area contributed by atoms with Crippen LogP contribution in [0.3, 0.4) is 0 Å². The number of aliphatic hydroxyl groups is 1. The number of hydrogen-bond donors (Lipinski definition) is 3. The molecule has 1 aliphatic rings. The summed E-state index contributed by atoms with van der Waals surface area (Å²) in [5.74, 6) is -1.64. The minimum absolute atomic E-state index is 0.0306. The fourth-order valence-electron chi connectivity index (χ4n) is 5.45. The van der Waals surface area contributed by atoms with E-state index < -0.39 is 22.8 Å². The number of halogens is 2. The van der Waals surface area contributed by atoms with Crippen LogP contribution in [-0.4, -0.2) is 98.6 Å². The standard InChI is InChI=1S/C28H34B3F2N7O4/c1-14-3-4-21(44-28(29,30)31)22(23(14)33)26-35-6-5-19(37-26)27(42)38-20-10-18(32)24-17(11-36-40(24)7-8-43-2)25(20)39-12-15(34)9-16(39)13-41/h3-6,10-11,15-16,41H,7-9,12-13,29-31,34H2,1-2H3,(H,38,42)/t15-,16-/m0/s1. The molecule has 2 atom stereocenters. The summed E-state index contributed by atoms with van der Waals surface area (Å²) in [5, 5.41) is 17.1. The highest BCUT2D eigenvalue weighted by Gasteiger charge is 2.34. The fraction of sp³-hybridized carbons (Fsp3) is 0.357. The molecule has 0 radical (unpaired) electrons. The molecule has 228 valence electrons. The van der Waals surface area contributed by atoms with Crippen LogP contribution in [0.25, 0.3) is 22.3 Å². The molecule has 1 fully saturated rings. The first-order chi connectivity index (χ1) is 20.9. The second-order valence-electron chi connectivity index (χ2n) is 11.9. The fourth-order valence-corrected chi connectivity index (χ4v) is 5.45. The number of carbonyl (C=O) groups is 1. The summed E-state index contributed by atoms with van der Waals surface area (Å²) in [7, 11) is 7.05. The summed E-state index contributed by atoms with van der Waals surface area (Å²) in [6.45, 7) is 2.43. The molecular weight excluding hydrogens is 569 g/mol. The molecule has 0 saturated carbocycles. The van der Waals surface area contributed by atoms with E-state index in [1.807, 2.05) is 28.4 Å². The number of hydrogen-bond acceptors (Lipinski definition) is 9. The van der Waals surface area contributed by atoms with E-state index in [-0.39, 0.29) is 52.7 Å². The van der Waals surface area contributed by atoms with Crippen molar-refractivity contribution >= 4 is 51.7 Å². The number of benzene rings is 2. The number of carbonyl (C=O) groups excluding carboxylic acids is 1. The summed E-state index contributed by atoms with van der Waals surface area (Å²) in [4.78, 5) is 24.2. The maximum absolute atomic E-state index is 15.7. The Bertz CT molecular complexity index is 1700. The van der Waals surface area contributed by atoms with E-state index >= 15 is 8.78 Å². The number of nitrogens with one attached hydrogen (secondary N) is 1. The lowest BCUT2D eigenvalue weighted by Gasteiger charge is -2.28. The monoisotopic (exact) mass is 603 g/mol. The molecule has 4 N–H and O–H groups in total. The minimum atomic E-state index is -0.671. The van der Waals surface area contributed by atoms with E-state index in [1.165, 1.54) is 29.2 Å². The molecule has 16 heteroatoms. The molecule has 1 amide bonds. The van der Waals surface area contributed by atoms with E-state index in [0.29, 0.717) is 42.8 Å². The van der Waals surface area contributed by atoms with Crippen LogP contribution in [-0.2, 0) is 11.3 Å². The van der Waals surface area contributed by atoms with Gasteiger partial charge in [0.05, 0.1) is 48.9 Å². The quantitative estimate of drug-likeness (QED) is 0.210. The van der Waals surface area contributed by atoms with E-state index in [2.05, 4.69) is 20.4 Å². The third-order valence-electron chi connectivity index (χ3n) is 7.37. The van der Waals surface area contributed by atoms with Crippen LogP contribution in [0.2, 0.25) is 0 Å². The lowest BCUT2D eigenvalue weighted by atomic mass is 9.52. The topological polar surface area (TPSA) is 141 Å². The van der Waals surface area contributed by atoms with Crippen LogP contribution in [0.15, 0.2) is 36.7 Å². The van der Waals surface area contributed by atoms with Crippen molar-refractivity contribution < 1.29 is 28.2 Å².